The molecule has 0 spiro atoms. The number of benzene rings is 1. The van der Waals surface area contributed by atoms with E-state index >= 15 is 0 Å². The molecule has 3 rings (SSSR count). The molecule has 176 valence electrons. The van der Waals surface area contributed by atoms with Crippen LogP contribution in [0.2, 0.25) is 0 Å². The van der Waals surface area contributed by atoms with Crippen molar-refractivity contribution in [2.75, 3.05) is 20.2 Å². The molecular formula is C22H30N2O8. The second-order valence-corrected chi connectivity index (χ2v) is 7.53. The number of rotatable bonds is 9. The van der Waals surface area contributed by atoms with Gasteiger partial charge in [0.1, 0.15) is 18.3 Å². The summed E-state index contributed by atoms with van der Waals surface area (Å²) >= 11 is 0. The number of carbonyl (C=O) groups excluding carboxylic acids is 1. The Morgan fingerprint density at radius 1 is 1.03 bits per heavy atom. The van der Waals surface area contributed by atoms with Crippen LogP contribution in [0.15, 0.2) is 42.5 Å². The maximum Gasteiger partial charge on any atom is 0.312 e. The summed E-state index contributed by atoms with van der Waals surface area (Å²) in [5, 5.41) is 56.6. The molecule has 32 heavy (non-hydrogen) atoms. The molecule has 1 unspecified atom stereocenters. The Hall–Kier alpha value is -2.60. The van der Waals surface area contributed by atoms with Crippen LogP contribution in [0, 0.1) is 0 Å². The van der Waals surface area contributed by atoms with Crippen molar-refractivity contribution in [3.8, 4) is 0 Å². The molecule has 0 radical (unpaired) electrons. The van der Waals surface area contributed by atoms with Crippen LogP contribution in [0.3, 0.4) is 0 Å². The summed E-state index contributed by atoms with van der Waals surface area (Å²) in [6.45, 7) is 0.0219. The van der Waals surface area contributed by atoms with Crippen LogP contribution in [0.1, 0.15) is 34.1 Å². The minimum atomic E-state index is -1.55. The second kappa shape index (κ2) is 11.9. The van der Waals surface area contributed by atoms with Crippen molar-refractivity contribution < 1.29 is 40.2 Å². The molecule has 2 heterocycles. The molecule has 0 saturated carbocycles. The predicted molar refractivity (Wildman–Crippen MR) is 114 cm³/mol. The van der Waals surface area contributed by atoms with Crippen molar-refractivity contribution in [3.05, 3.63) is 59.4 Å². The van der Waals surface area contributed by atoms with Crippen LogP contribution in [0.4, 0.5) is 0 Å². The number of nitrogens with zero attached hydrogens (tertiary/aromatic N) is 1. The minimum absolute atomic E-state index is 0.0575. The Bertz CT molecular complexity index is 885. The van der Waals surface area contributed by atoms with Gasteiger partial charge in [-0.15, -0.1) is 0 Å². The smallest absolute Gasteiger partial charge is 0.312 e. The normalized spacial score (nSPS) is 18.6. The number of likely N-dealkylation sites (N-methyl/N-ethyl adjacent to an activating group) is 1. The summed E-state index contributed by atoms with van der Waals surface area (Å²) < 4.78 is 1.83. The Kier molecular flexibility index (Phi) is 9.51. The van der Waals surface area contributed by atoms with Crippen LogP contribution >= 0.6 is 0 Å². The number of ketones is 1. The second-order valence-electron chi connectivity index (χ2n) is 7.53. The molecule has 0 bridgehead atoms. The van der Waals surface area contributed by atoms with Gasteiger partial charge >= 0.3 is 5.97 Å². The zero-order valence-electron chi connectivity index (χ0n) is 17.7. The third kappa shape index (κ3) is 6.00. The Balaban J connectivity index is 0.000000247. The van der Waals surface area contributed by atoms with E-state index in [9.17, 15) is 14.7 Å². The fraction of sp³-hybridized carbons (Fsp3) is 0.455. The predicted octanol–water partition coefficient (Wildman–Crippen LogP) is -1.07. The first-order valence-electron chi connectivity index (χ1n) is 10.2. The van der Waals surface area contributed by atoms with E-state index < -0.39 is 42.9 Å². The first kappa shape index (κ1) is 25.7. The Labute approximate surface area is 185 Å². The van der Waals surface area contributed by atoms with Gasteiger partial charge in [-0.2, -0.15) is 0 Å². The van der Waals surface area contributed by atoms with Crippen molar-refractivity contribution in [2.24, 2.45) is 0 Å². The first-order valence-corrected chi connectivity index (χ1v) is 10.2. The quantitative estimate of drug-likeness (QED) is 0.235. The van der Waals surface area contributed by atoms with E-state index in [2.05, 4.69) is 5.32 Å². The van der Waals surface area contributed by atoms with Gasteiger partial charge in [-0.25, -0.2) is 0 Å². The van der Waals surface area contributed by atoms with Gasteiger partial charge in [0, 0.05) is 24.3 Å². The van der Waals surface area contributed by atoms with Crippen molar-refractivity contribution in [3.63, 3.8) is 0 Å². The molecule has 0 fully saturated rings. The molecule has 1 aliphatic heterocycles. The molecule has 10 heteroatoms. The number of hydrogen-bond acceptors (Lipinski definition) is 8. The number of fused-ring (bicyclic) bond motifs is 1. The fourth-order valence-electron chi connectivity index (χ4n) is 3.52. The molecule has 7 N–H and O–H groups in total. The molecule has 10 nitrogen and oxygen atoms in total. The van der Waals surface area contributed by atoms with Crippen molar-refractivity contribution in [2.45, 2.75) is 43.3 Å². The van der Waals surface area contributed by atoms with Crippen molar-refractivity contribution in [1.82, 2.24) is 9.88 Å². The molecule has 1 aromatic carbocycles. The van der Waals surface area contributed by atoms with E-state index in [0.717, 1.165) is 5.69 Å². The van der Waals surface area contributed by atoms with Gasteiger partial charge in [0.2, 0.25) is 5.78 Å². The largest absolute Gasteiger partial charge is 0.481 e. The van der Waals surface area contributed by atoms with E-state index in [4.69, 9.17) is 25.5 Å². The van der Waals surface area contributed by atoms with Gasteiger partial charge in [-0.3, -0.25) is 9.59 Å². The highest BCUT2D eigenvalue weighted by molar-refractivity contribution is 6.08. The standard InChI is InChI=1S/C15H13NO3.C7H17NO5/c17-14(10-4-2-1-3-5-10)13-7-6-12-11(15(18)19)8-9-16(12)13;1-8-2-4(10)6(12)7(13)5(11)3-9/h1-7,11H,8-9H2,(H,18,19);4-13H,2-3H2,1H3/t;4-,5+,6+,7+/m.0/s1. The highest BCUT2D eigenvalue weighted by Crippen LogP contribution is 2.31. The number of carboxylic acids is 1. The van der Waals surface area contributed by atoms with Gasteiger partial charge < -0.3 is 40.5 Å². The van der Waals surface area contributed by atoms with E-state index in [1.54, 1.807) is 31.3 Å². The number of aromatic nitrogens is 1. The summed E-state index contributed by atoms with van der Waals surface area (Å²) in [4.78, 5) is 23.5. The molecule has 0 amide bonds. The van der Waals surface area contributed by atoms with E-state index in [0.29, 0.717) is 24.2 Å². The number of nitrogens with one attached hydrogen (secondary N) is 1. The zero-order valence-corrected chi connectivity index (χ0v) is 17.7. The lowest BCUT2D eigenvalue weighted by Gasteiger charge is -2.25. The number of aliphatic carboxylic acids is 1. The highest BCUT2D eigenvalue weighted by Gasteiger charge is 2.31. The Morgan fingerprint density at radius 3 is 2.22 bits per heavy atom. The molecule has 2 aromatic rings. The van der Waals surface area contributed by atoms with Crippen molar-refractivity contribution in [1.29, 1.82) is 0 Å². The molecule has 0 saturated heterocycles. The summed E-state index contributed by atoms with van der Waals surface area (Å²) in [6, 6.07) is 12.5. The number of carbonyl (C=O) groups is 2. The lowest BCUT2D eigenvalue weighted by molar-refractivity contribution is -0.138. The van der Waals surface area contributed by atoms with Gasteiger partial charge in [0.05, 0.1) is 24.3 Å². The highest BCUT2D eigenvalue weighted by atomic mass is 16.4. The lowest BCUT2D eigenvalue weighted by atomic mass is 10.0. The number of carboxylic acid groups (broad SMARTS) is 1. The number of aliphatic hydroxyl groups is 5. The van der Waals surface area contributed by atoms with Crippen LogP contribution in [0.5, 0.6) is 0 Å². The average Bonchev–Trinajstić information content (AvgIpc) is 3.40. The van der Waals surface area contributed by atoms with Crippen LogP contribution in [-0.4, -0.2) is 91.6 Å². The van der Waals surface area contributed by atoms with E-state index in [-0.39, 0.29) is 12.3 Å². The van der Waals surface area contributed by atoms with Gasteiger partial charge in [0.25, 0.3) is 0 Å². The number of aliphatic hydroxyl groups excluding tert-OH is 5. The topological polar surface area (TPSA) is 172 Å². The summed E-state index contributed by atoms with van der Waals surface area (Å²) in [5.41, 5.74) is 1.93. The third-order valence-electron chi connectivity index (χ3n) is 5.32. The average molecular weight is 450 g/mol. The molecular weight excluding hydrogens is 420 g/mol. The minimum Gasteiger partial charge on any atom is -0.481 e. The van der Waals surface area contributed by atoms with Gasteiger partial charge in [-0.1, -0.05) is 30.3 Å². The van der Waals surface area contributed by atoms with Gasteiger partial charge in [-0.05, 0) is 25.6 Å². The van der Waals surface area contributed by atoms with E-state index in [1.165, 1.54) is 0 Å². The SMILES string of the molecule is CNC[C@H](O)[C@@H](O)[C@H](O)[C@H](O)CO.O=C(c1ccccc1)c1ccc2n1CCC2C(=O)O. The number of hydrogen-bond donors (Lipinski definition) is 7. The first-order chi connectivity index (χ1) is 15.2. The van der Waals surface area contributed by atoms with E-state index in [1.807, 2.05) is 22.8 Å². The van der Waals surface area contributed by atoms with Crippen LogP contribution in [0.25, 0.3) is 0 Å². The van der Waals surface area contributed by atoms with Crippen molar-refractivity contribution >= 4 is 11.8 Å². The maximum atomic E-state index is 12.4. The molecule has 0 aliphatic carbocycles. The molecule has 1 aliphatic rings. The summed E-state index contributed by atoms with van der Waals surface area (Å²) in [7, 11) is 1.57. The zero-order chi connectivity index (χ0) is 23.8. The molecule has 5 atom stereocenters. The van der Waals surface area contributed by atoms with Crippen LogP contribution < -0.4 is 5.32 Å². The molecule has 1 aromatic heterocycles. The van der Waals surface area contributed by atoms with Crippen LogP contribution in [-0.2, 0) is 11.3 Å². The monoisotopic (exact) mass is 450 g/mol. The maximum absolute atomic E-state index is 12.4. The fourth-order valence-corrected chi connectivity index (χ4v) is 3.52. The Morgan fingerprint density at radius 2 is 1.66 bits per heavy atom. The van der Waals surface area contributed by atoms with Gasteiger partial charge in [0.15, 0.2) is 0 Å². The summed E-state index contributed by atoms with van der Waals surface area (Å²) in [5.74, 6) is -1.37. The lowest BCUT2D eigenvalue weighted by Crippen LogP contribution is -2.48. The third-order valence-corrected chi connectivity index (χ3v) is 5.32. The summed E-state index contributed by atoms with van der Waals surface area (Å²) in [6.07, 6.45) is -5.09.